The molecule has 5 heteroatoms. The van der Waals surface area contributed by atoms with Gasteiger partial charge in [-0.2, -0.15) is 0 Å². The summed E-state index contributed by atoms with van der Waals surface area (Å²) in [5.41, 5.74) is 1.46. The van der Waals surface area contributed by atoms with Gasteiger partial charge in [0.25, 0.3) is 5.91 Å². The topological polar surface area (TPSA) is 45.2 Å². The van der Waals surface area contributed by atoms with Crippen LogP contribution < -0.4 is 5.32 Å². The van der Waals surface area contributed by atoms with E-state index in [1.54, 1.807) is 6.07 Å². The maximum atomic E-state index is 12.4. The summed E-state index contributed by atoms with van der Waals surface area (Å²) in [6.07, 6.45) is 2.17. The van der Waals surface area contributed by atoms with Crippen LogP contribution in [0.5, 0.6) is 0 Å². The van der Waals surface area contributed by atoms with Crippen LogP contribution in [-0.2, 0) is 0 Å². The molecule has 0 radical (unpaired) electrons. The van der Waals surface area contributed by atoms with Crippen molar-refractivity contribution < 1.29 is 4.79 Å². The van der Waals surface area contributed by atoms with Gasteiger partial charge in [0.05, 0.1) is 0 Å². The van der Waals surface area contributed by atoms with Gasteiger partial charge >= 0.3 is 0 Å². The molecular weight excluding hydrogens is 286 g/mol. The number of nitrogens with zero attached hydrogens (tertiary/aromatic N) is 2. The monoisotopic (exact) mass is 309 g/mol. The molecule has 1 aliphatic heterocycles. The lowest BCUT2D eigenvalue weighted by Crippen LogP contribution is -2.47. The third kappa shape index (κ3) is 4.42. The molecule has 116 valence electrons. The molecule has 2 rings (SSSR count). The predicted molar refractivity (Wildman–Crippen MR) is 85.9 cm³/mol. The number of piperidine rings is 1. The zero-order valence-electron chi connectivity index (χ0n) is 13.0. The molecule has 0 bridgehead atoms. The van der Waals surface area contributed by atoms with Gasteiger partial charge in [0, 0.05) is 23.8 Å². The largest absolute Gasteiger partial charge is 0.348 e. The lowest BCUT2D eigenvalue weighted by molar-refractivity contribution is 0.0905. The van der Waals surface area contributed by atoms with Crippen LogP contribution in [0.2, 0.25) is 5.15 Å². The summed E-state index contributed by atoms with van der Waals surface area (Å²) in [7, 11) is 0. The van der Waals surface area contributed by atoms with Crippen LogP contribution in [0.3, 0.4) is 0 Å². The van der Waals surface area contributed by atoms with E-state index in [9.17, 15) is 4.79 Å². The van der Waals surface area contributed by atoms with Gasteiger partial charge in [0.2, 0.25) is 0 Å². The standard InChI is InChI=1S/C16H24ClN3O/c1-4-20-7-5-6-13(10-20)18-16(21)12-8-14(11(2)3)19-15(17)9-12/h8-9,11,13H,4-7,10H2,1-3H3,(H,18,21). The molecule has 1 N–H and O–H groups in total. The summed E-state index contributed by atoms with van der Waals surface area (Å²) >= 11 is 6.03. The first-order chi connectivity index (χ1) is 9.99. The number of likely N-dealkylation sites (N-methyl/N-ethyl adjacent to an activating group) is 1. The van der Waals surface area contributed by atoms with E-state index in [4.69, 9.17) is 11.6 Å². The molecule has 0 aliphatic carbocycles. The second-order valence-corrected chi connectivity index (χ2v) is 6.35. The average molecular weight is 310 g/mol. The lowest BCUT2D eigenvalue weighted by Gasteiger charge is -2.32. The number of likely N-dealkylation sites (tertiary alicyclic amines) is 1. The fraction of sp³-hybridized carbons (Fsp3) is 0.625. The Bertz CT molecular complexity index is 504. The van der Waals surface area contributed by atoms with Gasteiger partial charge in [-0.25, -0.2) is 4.98 Å². The zero-order chi connectivity index (χ0) is 15.4. The van der Waals surface area contributed by atoms with E-state index in [2.05, 4.69) is 22.1 Å². The van der Waals surface area contributed by atoms with Crippen LogP contribution >= 0.6 is 11.6 Å². The van der Waals surface area contributed by atoms with E-state index in [1.165, 1.54) is 0 Å². The molecule has 1 aromatic heterocycles. The molecule has 1 atom stereocenters. The third-order valence-electron chi connectivity index (χ3n) is 3.96. The number of carbonyl (C=O) groups is 1. The first-order valence-corrected chi connectivity index (χ1v) is 8.08. The lowest BCUT2D eigenvalue weighted by atomic mass is 10.0. The highest BCUT2D eigenvalue weighted by Crippen LogP contribution is 2.18. The molecule has 2 heterocycles. The predicted octanol–water partition coefficient (Wildman–Crippen LogP) is 3.07. The van der Waals surface area contributed by atoms with Crippen molar-refractivity contribution in [1.29, 1.82) is 0 Å². The second-order valence-electron chi connectivity index (χ2n) is 5.96. The molecule has 0 aromatic carbocycles. The number of halogens is 1. The van der Waals surface area contributed by atoms with Crippen LogP contribution in [0.15, 0.2) is 12.1 Å². The van der Waals surface area contributed by atoms with Crippen molar-refractivity contribution in [3.8, 4) is 0 Å². The molecule has 1 saturated heterocycles. The van der Waals surface area contributed by atoms with E-state index in [0.717, 1.165) is 38.2 Å². The fourth-order valence-corrected chi connectivity index (χ4v) is 2.89. The smallest absolute Gasteiger partial charge is 0.251 e. The van der Waals surface area contributed by atoms with Gasteiger partial charge in [-0.05, 0) is 44.0 Å². The van der Waals surface area contributed by atoms with Crippen LogP contribution in [-0.4, -0.2) is 41.5 Å². The summed E-state index contributed by atoms with van der Waals surface area (Å²) in [5.74, 6) is 0.199. The molecule has 1 unspecified atom stereocenters. The number of carbonyl (C=O) groups excluding carboxylic acids is 1. The quantitative estimate of drug-likeness (QED) is 0.869. The van der Waals surface area contributed by atoms with Gasteiger partial charge in [0.1, 0.15) is 5.15 Å². The highest BCUT2D eigenvalue weighted by Gasteiger charge is 2.21. The van der Waals surface area contributed by atoms with Crippen LogP contribution in [0, 0.1) is 0 Å². The molecule has 0 saturated carbocycles. The Morgan fingerprint density at radius 2 is 2.29 bits per heavy atom. The molecule has 1 aliphatic rings. The number of amides is 1. The fourth-order valence-electron chi connectivity index (χ4n) is 2.67. The van der Waals surface area contributed by atoms with Crippen LogP contribution in [0.25, 0.3) is 0 Å². The minimum Gasteiger partial charge on any atom is -0.348 e. The number of pyridine rings is 1. The van der Waals surface area contributed by atoms with E-state index in [1.807, 2.05) is 19.9 Å². The molecule has 0 spiro atoms. The Balaban J connectivity index is 2.06. The van der Waals surface area contributed by atoms with Gasteiger partial charge < -0.3 is 10.2 Å². The molecule has 1 fully saturated rings. The van der Waals surface area contributed by atoms with E-state index >= 15 is 0 Å². The van der Waals surface area contributed by atoms with Crippen molar-refractivity contribution in [3.63, 3.8) is 0 Å². The van der Waals surface area contributed by atoms with Crippen molar-refractivity contribution in [3.05, 3.63) is 28.5 Å². The van der Waals surface area contributed by atoms with E-state index in [0.29, 0.717) is 10.7 Å². The van der Waals surface area contributed by atoms with Crippen molar-refractivity contribution in [1.82, 2.24) is 15.2 Å². The van der Waals surface area contributed by atoms with Crippen LogP contribution in [0.1, 0.15) is 55.6 Å². The van der Waals surface area contributed by atoms with Crippen molar-refractivity contribution in [2.24, 2.45) is 0 Å². The Kier molecular flexibility index (Phi) is 5.59. The Labute approximate surface area is 131 Å². The minimum absolute atomic E-state index is 0.0517. The molecular formula is C16H24ClN3O. The molecule has 21 heavy (non-hydrogen) atoms. The number of nitrogens with one attached hydrogen (secondary N) is 1. The summed E-state index contributed by atoms with van der Waals surface area (Å²) in [4.78, 5) is 19.1. The normalized spacial score (nSPS) is 19.8. The Hall–Kier alpha value is -1.13. The summed E-state index contributed by atoms with van der Waals surface area (Å²) in [6.45, 7) is 9.33. The Morgan fingerprint density at radius 3 is 2.95 bits per heavy atom. The summed E-state index contributed by atoms with van der Waals surface area (Å²) in [6, 6.07) is 3.70. The van der Waals surface area contributed by atoms with Crippen molar-refractivity contribution in [2.75, 3.05) is 19.6 Å². The average Bonchev–Trinajstić information content (AvgIpc) is 2.46. The maximum Gasteiger partial charge on any atom is 0.251 e. The van der Waals surface area contributed by atoms with Crippen molar-refractivity contribution >= 4 is 17.5 Å². The van der Waals surface area contributed by atoms with Crippen molar-refractivity contribution in [2.45, 2.75) is 45.6 Å². The molecule has 4 nitrogen and oxygen atoms in total. The number of hydrogen-bond acceptors (Lipinski definition) is 3. The second kappa shape index (κ2) is 7.23. The zero-order valence-corrected chi connectivity index (χ0v) is 13.8. The van der Waals surface area contributed by atoms with E-state index < -0.39 is 0 Å². The van der Waals surface area contributed by atoms with Crippen LogP contribution in [0.4, 0.5) is 0 Å². The first-order valence-electron chi connectivity index (χ1n) is 7.70. The highest BCUT2D eigenvalue weighted by atomic mass is 35.5. The summed E-state index contributed by atoms with van der Waals surface area (Å²) in [5, 5.41) is 3.51. The SMILES string of the molecule is CCN1CCCC(NC(=O)c2cc(Cl)nc(C(C)C)c2)C1. The highest BCUT2D eigenvalue weighted by molar-refractivity contribution is 6.29. The third-order valence-corrected chi connectivity index (χ3v) is 4.15. The van der Waals surface area contributed by atoms with Gasteiger partial charge in [-0.1, -0.05) is 32.4 Å². The number of rotatable bonds is 4. The van der Waals surface area contributed by atoms with Gasteiger partial charge in [-0.3, -0.25) is 4.79 Å². The number of aromatic nitrogens is 1. The number of hydrogen-bond donors (Lipinski definition) is 1. The van der Waals surface area contributed by atoms with E-state index in [-0.39, 0.29) is 17.9 Å². The Morgan fingerprint density at radius 1 is 1.52 bits per heavy atom. The maximum absolute atomic E-state index is 12.4. The molecule has 1 aromatic rings. The van der Waals surface area contributed by atoms with Gasteiger partial charge in [-0.15, -0.1) is 0 Å². The first kappa shape index (κ1) is 16.2. The molecule has 1 amide bonds. The minimum atomic E-state index is -0.0517. The summed E-state index contributed by atoms with van der Waals surface area (Å²) < 4.78 is 0. The van der Waals surface area contributed by atoms with Gasteiger partial charge in [0.15, 0.2) is 0 Å².